The van der Waals surface area contributed by atoms with Crippen molar-refractivity contribution in [2.75, 3.05) is 0 Å². The second-order valence-electron chi connectivity index (χ2n) is 4.95. The molecule has 0 aliphatic heterocycles. The molecule has 6 nitrogen and oxygen atoms in total. The highest BCUT2D eigenvalue weighted by Crippen LogP contribution is 2.24. The van der Waals surface area contributed by atoms with Crippen molar-refractivity contribution in [3.05, 3.63) is 72.8 Å². The van der Waals surface area contributed by atoms with Gasteiger partial charge in [0.1, 0.15) is 0 Å². The topological polar surface area (TPSA) is 98.2 Å². The highest BCUT2D eigenvalue weighted by atomic mass is 32.2. The molecule has 2 aromatic heterocycles. The van der Waals surface area contributed by atoms with Gasteiger partial charge in [-0.15, -0.1) is 0 Å². The summed E-state index contributed by atoms with van der Waals surface area (Å²) in [5.74, 6) is 0. The normalized spacial score (nSPS) is 13.6. The fourth-order valence-electron chi connectivity index (χ4n) is 2.35. The first-order chi connectivity index (χ1) is 11.0. The van der Waals surface area contributed by atoms with Crippen LogP contribution in [0.1, 0.15) is 11.7 Å². The number of fused-ring (bicyclic) bond motifs is 1. The summed E-state index contributed by atoms with van der Waals surface area (Å²) in [4.78, 5) is 4.06. The summed E-state index contributed by atoms with van der Waals surface area (Å²) >= 11 is 0. The number of nitrogens with zero attached hydrogens (tertiary/aromatic N) is 2. The average Bonchev–Trinajstić information content (AvgIpc) is 3.00. The Morgan fingerprint density at radius 1 is 1.26 bits per heavy atom. The van der Waals surface area contributed by atoms with Gasteiger partial charge in [-0.1, -0.05) is 12.1 Å². The lowest BCUT2D eigenvalue weighted by Gasteiger charge is -2.11. The third-order valence-electron chi connectivity index (χ3n) is 3.51. The Morgan fingerprint density at radius 2 is 2.09 bits per heavy atom. The molecule has 0 spiro atoms. The fraction of sp³-hybridized carbons (Fsp3) is 0.0625. The molecule has 1 unspecified atom stereocenters. The molecule has 1 aromatic carbocycles. The van der Waals surface area contributed by atoms with Gasteiger partial charge in [0.15, 0.2) is 0 Å². The van der Waals surface area contributed by atoms with E-state index in [0.717, 1.165) is 5.39 Å². The first kappa shape index (κ1) is 15.3. The highest BCUT2D eigenvalue weighted by molar-refractivity contribution is 7.90. The Hall–Kier alpha value is -2.64. The Morgan fingerprint density at radius 3 is 2.87 bits per heavy atom. The molecule has 0 saturated heterocycles. The summed E-state index contributed by atoms with van der Waals surface area (Å²) in [6, 6.07) is 9.60. The number of hydrogen-bond acceptors (Lipinski definition) is 5. The van der Waals surface area contributed by atoms with E-state index in [-0.39, 0.29) is 4.90 Å². The second-order valence-corrected chi connectivity index (χ2v) is 6.77. The molecule has 7 heteroatoms. The molecule has 23 heavy (non-hydrogen) atoms. The molecule has 3 rings (SSSR count). The smallest absolute Gasteiger partial charge is 0.268 e. The van der Waals surface area contributed by atoms with Crippen molar-refractivity contribution in [3.8, 4) is 0 Å². The maximum absolute atomic E-state index is 12.9. The minimum atomic E-state index is -3.78. The number of nitrogens with two attached hydrogens (primary N) is 1. The van der Waals surface area contributed by atoms with Crippen LogP contribution in [0.5, 0.6) is 0 Å². The zero-order chi connectivity index (χ0) is 16.4. The summed E-state index contributed by atoms with van der Waals surface area (Å²) < 4.78 is 26.9. The molecule has 0 amide bonds. The number of pyridine rings is 1. The Kier molecular flexibility index (Phi) is 3.89. The summed E-state index contributed by atoms with van der Waals surface area (Å²) in [7, 11) is -3.78. The molecule has 0 fully saturated rings. The first-order valence-electron chi connectivity index (χ1n) is 6.87. The number of aliphatic hydroxyl groups excluding tert-OH is 1. The van der Waals surface area contributed by atoms with Gasteiger partial charge in [0.25, 0.3) is 10.0 Å². The van der Waals surface area contributed by atoms with Crippen LogP contribution in [0.2, 0.25) is 0 Å². The minimum Gasteiger partial charge on any atom is -0.405 e. The highest BCUT2D eigenvalue weighted by Gasteiger charge is 2.20. The van der Waals surface area contributed by atoms with Gasteiger partial charge in [0.05, 0.1) is 22.7 Å². The quantitative estimate of drug-likeness (QED) is 0.760. The first-order valence-corrected chi connectivity index (χ1v) is 8.31. The average molecular weight is 329 g/mol. The summed E-state index contributed by atoms with van der Waals surface area (Å²) in [5.41, 5.74) is 6.21. The number of aromatic nitrogens is 2. The lowest BCUT2D eigenvalue weighted by molar-refractivity contribution is 0.228. The number of benzene rings is 1. The lowest BCUT2D eigenvalue weighted by Crippen LogP contribution is -2.12. The van der Waals surface area contributed by atoms with Crippen LogP contribution in [-0.4, -0.2) is 22.5 Å². The molecule has 118 valence electrons. The fourth-order valence-corrected chi connectivity index (χ4v) is 3.74. The van der Waals surface area contributed by atoms with E-state index < -0.39 is 16.1 Å². The predicted molar refractivity (Wildman–Crippen MR) is 87.0 cm³/mol. The Bertz CT molecular complexity index is 977. The van der Waals surface area contributed by atoms with Crippen molar-refractivity contribution in [2.45, 2.75) is 11.0 Å². The van der Waals surface area contributed by atoms with Crippen molar-refractivity contribution in [3.63, 3.8) is 0 Å². The van der Waals surface area contributed by atoms with Gasteiger partial charge in [-0.3, -0.25) is 4.98 Å². The van der Waals surface area contributed by atoms with Crippen molar-refractivity contribution in [1.82, 2.24) is 8.96 Å². The molecular weight excluding hydrogens is 314 g/mol. The number of rotatable bonds is 4. The number of hydrogen-bond donors (Lipinski definition) is 2. The maximum atomic E-state index is 12.9. The van der Waals surface area contributed by atoms with Crippen molar-refractivity contribution in [1.29, 1.82) is 0 Å². The van der Waals surface area contributed by atoms with E-state index in [9.17, 15) is 13.5 Å². The molecule has 1 atom stereocenters. The second kappa shape index (κ2) is 5.86. The third kappa shape index (κ3) is 2.71. The molecule has 0 aliphatic rings. The minimum absolute atomic E-state index is 0.0841. The van der Waals surface area contributed by atoms with E-state index >= 15 is 0 Å². The molecule has 0 saturated carbocycles. The molecule has 0 radical (unpaired) electrons. The standard InChI is InChI=1S/C16H15N3O3S/c17-7-4-16(20)13-2-1-3-14(10-13)23(21,22)19-9-6-12-5-8-18-11-15(12)19/h1-11,16,20H,17H2/b7-4+. The third-order valence-corrected chi connectivity index (χ3v) is 5.20. The lowest BCUT2D eigenvalue weighted by atomic mass is 10.1. The van der Waals surface area contributed by atoms with E-state index in [2.05, 4.69) is 4.98 Å². The van der Waals surface area contributed by atoms with E-state index in [0.29, 0.717) is 11.1 Å². The zero-order valence-corrected chi connectivity index (χ0v) is 12.9. The molecule has 2 heterocycles. The van der Waals surface area contributed by atoms with Crippen LogP contribution in [0.25, 0.3) is 10.9 Å². The zero-order valence-electron chi connectivity index (χ0n) is 12.1. The van der Waals surface area contributed by atoms with Crippen molar-refractivity contribution >= 4 is 20.9 Å². The van der Waals surface area contributed by atoms with Gasteiger partial charge in [-0.2, -0.15) is 0 Å². The van der Waals surface area contributed by atoms with Crippen LogP contribution in [0.3, 0.4) is 0 Å². The van der Waals surface area contributed by atoms with Gasteiger partial charge in [0, 0.05) is 17.8 Å². The molecular formula is C16H15N3O3S. The van der Waals surface area contributed by atoms with Gasteiger partial charge in [-0.05, 0) is 42.1 Å². The van der Waals surface area contributed by atoms with Crippen LogP contribution in [0.15, 0.2) is 72.2 Å². The molecule has 3 aromatic rings. The Labute approximate surface area is 133 Å². The van der Waals surface area contributed by atoms with E-state index in [1.807, 2.05) is 0 Å². The van der Waals surface area contributed by atoms with Crippen molar-refractivity contribution in [2.24, 2.45) is 5.73 Å². The summed E-state index contributed by atoms with van der Waals surface area (Å²) in [6.45, 7) is 0. The van der Waals surface area contributed by atoms with E-state index in [1.54, 1.807) is 30.5 Å². The SMILES string of the molecule is N/C=C/C(O)c1cccc(S(=O)(=O)n2ccc3ccncc32)c1. The molecule has 0 bridgehead atoms. The molecule has 0 aliphatic carbocycles. The van der Waals surface area contributed by atoms with Crippen LogP contribution >= 0.6 is 0 Å². The number of aliphatic hydroxyl groups is 1. The maximum Gasteiger partial charge on any atom is 0.268 e. The van der Waals surface area contributed by atoms with Crippen LogP contribution in [-0.2, 0) is 10.0 Å². The van der Waals surface area contributed by atoms with Crippen LogP contribution in [0.4, 0.5) is 0 Å². The van der Waals surface area contributed by atoms with Crippen molar-refractivity contribution < 1.29 is 13.5 Å². The van der Waals surface area contributed by atoms with E-state index in [4.69, 9.17) is 5.73 Å². The summed E-state index contributed by atoms with van der Waals surface area (Å²) in [6.07, 6.45) is 6.23. The van der Waals surface area contributed by atoms with E-state index in [1.165, 1.54) is 40.8 Å². The Balaban J connectivity index is 2.12. The monoisotopic (exact) mass is 329 g/mol. The van der Waals surface area contributed by atoms with Gasteiger partial charge in [0.2, 0.25) is 0 Å². The van der Waals surface area contributed by atoms with Crippen LogP contribution in [0, 0.1) is 0 Å². The van der Waals surface area contributed by atoms with Gasteiger partial charge >= 0.3 is 0 Å². The predicted octanol–water partition coefficient (Wildman–Crippen LogP) is 1.78. The van der Waals surface area contributed by atoms with Gasteiger partial charge < -0.3 is 10.8 Å². The van der Waals surface area contributed by atoms with Crippen LogP contribution < -0.4 is 5.73 Å². The largest absolute Gasteiger partial charge is 0.405 e. The molecule has 3 N–H and O–H groups in total. The summed E-state index contributed by atoms with van der Waals surface area (Å²) in [5, 5.41) is 10.7. The van der Waals surface area contributed by atoms with Gasteiger partial charge in [-0.25, -0.2) is 12.4 Å².